The molecule has 1 amide bonds. The van der Waals surface area contributed by atoms with Crippen LogP contribution in [0.5, 0.6) is 11.5 Å². The maximum Gasteiger partial charge on any atom is 0.251 e. The smallest absolute Gasteiger partial charge is 0.251 e. The molecule has 2 aromatic rings. The van der Waals surface area contributed by atoms with Crippen LogP contribution >= 0.6 is 11.6 Å². The van der Waals surface area contributed by atoms with Gasteiger partial charge in [-0.15, -0.1) is 0 Å². The second-order valence-corrected chi connectivity index (χ2v) is 7.22. The average molecular weight is 384 g/mol. The van der Waals surface area contributed by atoms with Crippen molar-refractivity contribution in [1.82, 2.24) is 15.3 Å². The zero-order valence-corrected chi connectivity index (χ0v) is 15.2. The summed E-state index contributed by atoms with van der Waals surface area (Å²) >= 11 is 6.25. The number of fused-ring (bicyclic) bond motifs is 2. The fourth-order valence-corrected chi connectivity index (χ4v) is 3.92. The van der Waals surface area contributed by atoms with Gasteiger partial charge in [0.1, 0.15) is 6.04 Å². The zero-order chi connectivity index (χ0) is 18.4. The van der Waals surface area contributed by atoms with Crippen molar-refractivity contribution in [2.45, 2.75) is 25.0 Å². The summed E-state index contributed by atoms with van der Waals surface area (Å²) in [5, 5.41) is 2.56. The van der Waals surface area contributed by atoms with Crippen molar-refractivity contribution in [2.75, 3.05) is 6.79 Å². The highest BCUT2D eigenvalue weighted by molar-refractivity contribution is 6.31. The Morgan fingerprint density at radius 3 is 2.85 bits per heavy atom. The SMILES string of the molecule is O=C1C2CC(c3ccc4c(c3)OCO4)NN2C=CN1Cc1ccccc1Cl. The first-order chi connectivity index (χ1) is 13.2. The van der Waals surface area contributed by atoms with Crippen LogP contribution in [0, 0.1) is 0 Å². The van der Waals surface area contributed by atoms with Crippen LogP contribution in [0.25, 0.3) is 0 Å². The Labute approximate surface area is 161 Å². The lowest BCUT2D eigenvalue weighted by atomic mass is 10.0. The molecule has 0 saturated carbocycles. The number of benzene rings is 2. The van der Waals surface area contributed by atoms with Crippen molar-refractivity contribution < 1.29 is 14.3 Å². The molecule has 3 aliphatic heterocycles. The molecule has 1 N–H and O–H groups in total. The maximum absolute atomic E-state index is 13.0. The van der Waals surface area contributed by atoms with Crippen molar-refractivity contribution in [3.05, 3.63) is 71.0 Å². The number of hydrazine groups is 1. The van der Waals surface area contributed by atoms with Crippen LogP contribution in [-0.4, -0.2) is 28.7 Å². The van der Waals surface area contributed by atoms with E-state index in [-0.39, 0.29) is 24.8 Å². The normalized spacial score (nSPS) is 23.1. The summed E-state index contributed by atoms with van der Waals surface area (Å²) in [7, 11) is 0. The predicted molar refractivity (Wildman–Crippen MR) is 99.8 cm³/mol. The van der Waals surface area contributed by atoms with Crippen molar-refractivity contribution in [3.63, 3.8) is 0 Å². The lowest BCUT2D eigenvalue weighted by Gasteiger charge is -2.32. The molecule has 3 aliphatic rings. The molecule has 138 valence electrons. The number of amides is 1. The molecule has 1 fully saturated rings. The van der Waals surface area contributed by atoms with E-state index in [1.54, 1.807) is 11.1 Å². The van der Waals surface area contributed by atoms with Crippen LogP contribution in [0.15, 0.2) is 54.9 Å². The molecule has 5 rings (SSSR count). The van der Waals surface area contributed by atoms with Gasteiger partial charge in [-0.3, -0.25) is 4.79 Å². The number of hydrogen-bond acceptors (Lipinski definition) is 5. The number of carbonyl (C=O) groups is 1. The standard InChI is InChI=1S/C20H18ClN3O3/c21-15-4-2-1-3-14(15)11-23-7-8-24-17(20(23)25)10-16(22-24)13-5-6-18-19(9-13)27-12-26-18/h1-9,16-17,22H,10-12H2. The largest absolute Gasteiger partial charge is 0.454 e. The number of nitrogens with zero attached hydrogens (tertiary/aromatic N) is 2. The number of ether oxygens (including phenoxy) is 2. The van der Waals surface area contributed by atoms with E-state index < -0.39 is 0 Å². The van der Waals surface area contributed by atoms with Gasteiger partial charge in [-0.05, 0) is 35.7 Å². The number of rotatable bonds is 3. The van der Waals surface area contributed by atoms with Gasteiger partial charge >= 0.3 is 0 Å². The van der Waals surface area contributed by atoms with E-state index in [0.717, 1.165) is 22.6 Å². The Bertz CT molecular complexity index is 932. The summed E-state index contributed by atoms with van der Waals surface area (Å²) in [6.07, 6.45) is 4.40. The Hall–Kier alpha value is -2.70. The zero-order valence-electron chi connectivity index (χ0n) is 14.5. The summed E-state index contributed by atoms with van der Waals surface area (Å²) in [6.45, 7) is 0.720. The Morgan fingerprint density at radius 2 is 1.96 bits per heavy atom. The molecule has 6 nitrogen and oxygen atoms in total. The van der Waals surface area contributed by atoms with E-state index >= 15 is 0 Å². The average Bonchev–Trinajstić information content (AvgIpc) is 3.32. The number of hydrogen-bond donors (Lipinski definition) is 1. The van der Waals surface area contributed by atoms with Crippen molar-refractivity contribution in [3.8, 4) is 11.5 Å². The quantitative estimate of drug-likeness (QED) is 0.882. The molecule has 0 bridgehead atoms. The third-order valence-corrected chi connectivity index (χ3v) is 5.54. The van der Waals surface area contributed by atoms with E-state index in [9.17, 15) is 4.79 Å². The highest BCUT2D eigenvalue weighted by Gasteiger charge is 2.40. The molecule has 27 heavy (non-hydrogen) atoms. The molecule has 0 spiro atoms. The van der Waals surface area contributed by atoms with Crippen LogP contribution in [0.3, 0.4) is 0 Å². The predicted octanol–water partition coefficient (Wildman–Crippen LogP) is 3.20. The fourth-order valence-electron chi connectivity index (χ4n) is 3.72. The third-order valence-electron chi connectivity index (χ3n) is 5.17. The van der Waals surface area contributed by atoms with Gasteiger partial charge in [0.2, 0.25) is 6.79 Å². The Morgan fingerprint density at radius 1 is 1.11 bits per heavy atom. The van der Waals surface area contributed by atoms with Gasteiger partial charge in [0, 0.05) is 17.4 Å². The minimum Gasteiger partial charge on any atom is -0.454 e. The summed E-state index contributed by atoms with van der Waals surface area (Å²) in [6, 6.07) is 13.3. The summed E-state index contributed by atoms with van der Waals surface area (Å²) < 4.78 is 10.8. The first kappa shape index (κ1) is 16.5. The summed E-state index contributed by atoms with van der Waals surface area (Å²) in [5.74, 6) is 1.57. The molecule has 7 heteroatoms. The molecule has 0 radical (unpaired) electrons. The third kappa shape index (κ3) is 2.91. The van der Waals surface area contributed by atoms with E-state index in [1.807, 2.05) is 53.7 Å². The topological polar surface area (TPSA) is 54.0 Å². The summed E-state index contributed by atoms with van der Waals surface area (Å²) in [4.78, 5) is 14.7. The minimum absolute atomic E-state index is 0.0402. The molecule has 0 aliphatic carbocycles. The first-order valence-electron chi connectivity index (χ1n) is 8.85. The van der Waals surface area contributed by atoms with Gasteiger partial charge in [-0.25, -0.2) is 5.43 Å². The molecular weight excluding hydrogens is 366 g/mol. The molecule has 2 unspecified atom stereocenters. The monoisotopic (exact) mass is 383 g/mol. The van der Waals surface area contributed by atoms with E-state index in [4.69, 9.17) is 21.1 Å². The second-order valence-electron chi connectivity index (χ2n) is 6.81. The molecule has 1 saturated heterocycles. The van der Waals surface area contributed by atoms with Gasteiger partial charge in [-0.1, -0.05) is 35.9 Å². The number of halogens is 1. The van der Waals surface area contributed by atoms with Gasteiger partial charge < -0.3 is 19.4 Å². The highest BCUT2D eigenvalue weighted by Crippen LogP contribution is 2.38. The second kappa shape index (κ2) is 6.48. The van der Waals surface area contributed by atoms with Gasteiger partial charge in [0.15, 0.2) is 11.5 Å². The fraction of sp³-hybridized carbons (Fsp3) is 0.250. The van der Waals surface area contributed by atoms with Crippen molar-refractivity contribution >= 4 is 17.5 Å². The van der Waals surface area contributed by atoms with Crippen LogP contribution in [0.1, 0.15) is 23.6 Å². The van der Waals surface area contributed by atoms with E-state index in [0.29, 0.717) is 18.0 Å². The van der Waals surface area contributed by atoms with Gasteiger partial charge in [-0.2, -0.15) is 0 Å². The van der Waals surface area contributed by atoms with Gasteiger partial charge in [0.05, 0.1) is 12.6 Å². The van der Waals surface area contributed by atoms with Crippen LogP contribution < -0.4 is 14.9 Å². The minimum atomic E-state index is -0.243. The molecule has 0 aromatic heterocycles. The van der Waals surface area contributed by atoms with Crippen LogP contribution in [-0.2, 0) is 11.3 Å². The lowest BCUT2D eigenvalue weighted by molar-refractivity contribution is -0.134. The number of carbonyl (C=O) groups excluding carboxylic acids is 1. The Kier molecular flexibility index (Phi) is 3.95. The first-order valence-corrected chi connectivity index (χ1v) is 9.23. The van der Waals surface area contributed by atoms with Gasteiger partial charge in [0.25, 0.3) is 5.91 Å². The molecule has 2 aromatic carbocycles. The molecule has 3 heterocycles. The molecule has 2 atom stereocenters. The highest BCUT2D eigenvalue weighted by atomic mass is 35.5. The van der Waals surface area contributed by atoms with E-state index in [1.165, 1.54) is 0 Å². The van der Waals surface area contributed by atoms with Crippen molar-refractivity contribution in [2.24, 2.45) is 0 Å². The summed E-state index contributed by atoms with van der Waals surface area (Å²) in [5.41, 5.74) is 5.41. The van der Waals surface area contributed by atoms with Crippen molar-refractivity contribution in [1.29, 1.82) is 0 Å². The van der Waals surface area contributed by atoms with Crippen LogP contribution in [0.4, 0.5) is 0 Å². The van der Waals surface area contributed by atoms with Crippen LogP contribution in [0.2, 0.25) is 5.02 Å². The maximum atomic E-state index is 13.0. The van der Waals surface area contributed by atoms with E-state index in [2.05, 4.69) is 5.43 Å². The number of nitrogens with one attached hydrogen (secondary N) is 1. The lowest BCUT2D eigenvalue weighted by Crippen LogP contribution is -2.47. The Balaban J connectivity index is 1.33. The molecular formula is C20H18ClN3O3.